The second kappa shape index (κ2) is 8.81. The highest BCUT2D eigenvalue weighted by molar-refractivity contribution is 9.10. The molecule has 1 unspecified atom stereocenters. The van der Waals surface area contributed by atoms with Crippen molar-refractivity contribution >= 4 is 44.1 Å². The maximum Gasteiger partial charge on any atom is 0.436 e. The van der Waals surface area contributed by atoms with Crippen molar-refractivity contribution in [3.05, 3.63) is 31.9 Å². The van der Waals surface area contributed by atoms with Crippen LogP contribution in [-0.2, 0) is 35.1 Å². The van der Waals surface area contributed by atoms with Crippen LogP contribution in [0.4, 0.5) is 18.2 Å². The van der Waals surface area contributed by atoms with Gasteiger partial charge in [0.15, 0.2) is 5.69 Å². The van der Waals surface area contributed by atoms with Crippen LogP contribution in [0, 0.1) is 18.3 Å². The fourth-order valence-electron chi connectivity index (χ4n) is 3.89. The van der Waals surface area contributed by atoms with E-state index < -0.39 is 30.3 Å². The van der Waals surface area contributed by atoms with E-state index in [4.69, 9.17) is 4.74 Å². The molecule has 2 aromatic rings. The third-order valence-electron chi connectivity index (χ3n) is 5.83. The van der Waals surface area contributed by atoms with Gasteiger partial charge in [0.05, 0.1) is 22.8 Å². The van der Waals surface area contributed by atoms with Crippen molar-refractivity contribution in [2.75, 3.05) is 12.4 Å². The summed E-state index contributed by atoms with van der Waals surface area (Å²) in [4.78, 5) is 26.2. The predicted octanol–water partition coefficient (Wildman–Crippen LogP) is 5.61. The summed E-state index contributed by atoms with van der Waals surface area (Å²) in [7, 11) is 1.28. The second-order valence-electron chi connectivity index (χ2n) is 8.96. The molecule has 1 aliphatic rings. The Kier molecular flexibility index (Phi) is 6.82. The molecule has 0 aliphatic heterocycles. The van der Waals surface area contributed by atoms with E-state index in [1.165, 1.54) is 25.4 Å². The van der Waals surface area contributed by atoms with Gasteiger partial charge < -0.3 is 10.1 Å². The van der Waals surface area contributed by atoms with Crippen molar-refractivity contribution < 1.29 is 27.5 Å². The van der Waals surface area contributed by atoms with Crippen LogP contribution in [0.3, 0.4) is 0 Å². The molecular formula is C21H25BrF3N3O3S. The molecule has 1 N–H and O–H groups in total. The van der Waals surface area contributed by atoms with E-state index in [2.05, 4.69) is 47.1 Å². The molecule has 2 aromatic heterocycles. The van der Waals surface area contributed by atoms with Crippen molar-refractivity contribution in [3.8, 4) is 0 Å². The number of aromatic nitrogens is 2. The van der Waals surface area contributed by atoms with Crippen LogP contribution in [0.5, 0.6) is 0 Å². The Bertz CT molecular complexity index is 1050. The van der Waals surface area contributed by atoms with E-state index in [1.807, 2.05) is 0 Å². The van der Waals surface area contributed by atoms with Crippen molar-refractivity contribution in [2.45, 2.75) is 59.7 Å². The summed E-state index contributed by atoms with van der Waals surface area (Å²) in [6.45, 7) is 7.56. The first-order chi connectivity index (χ1) is 14.7. The highest BCUT2D eigenvalue weighted by Gasteiger charge is 2.38. The Labute approximate surface area is 196 Å². The van der Waals surface area contributed by atoms with E-state index in [9.17, 15) is 22.8 Å². The zero-order valence-electron chi connectivity index (χ0n) is 18.4. The molecule has 0 saturated carbocycles. The summed E-state index contributed by atoms with van der Waals surface area (Å²) < 4.78 is 45.0. The standard InChI is InChI=1S/C21H25BrF3N3O3S/c1-10-16(22)17(21(23,24)25)27-28(10)9-14(29)26-18-15(19(30)31-5)12-7-6-11(20(2,3)4)8-13(12)32-18/h11H,6-9H2,1-5H3,(H,26,29). The third-order valence-corrected chi connectivity index (χ3v) is 7.95. The molecule has 1 amide bonds. The highest BCUT2D eigenvalue weighted by Crippen LogP contribution is 2.44. The van der Waals surface area contributed by atoms with Gasteiger partial charge in [0, 0.05) is 4.88 Å². The molecule has 32 heavy (non-hydrogen) atoms. The van der Waals surface area contributed by atoms with E-state index in [-0.39, 0.29) is 15.6 Å². The average Bonchev–Trinajstić information content (AvgIpc) is 3.17. The lowest BCUT2D eigenvalue weighted by molar-refractivity contribution is -0.142. The Balaban J connectivity index is 1.87. The number of nitrogens with one attached hydrogen (secondary N) is 1. The maximum absolute atomic E-state index is 13.1. The van der Waals surface area contributed by atoms with Crippen molar-refractivity contribution in [2.24, 2.45) is 11.3 Å². The minimum atomic E-state index is -4.64. The molecule has 11 heteroatoms. The number of methoxy groups -OCH3 is 1. The number of hydrogen-bond acceptors (Lipinski definition) is 5. The number of thiophene rings is 1. The van der Waals surface area contributed by atoms with Crippen LogP contribution in [0.25, 0.3) is 0 Å². The number of amides is 1. The van der Waals surface area contributed by atoms with E-state index in [1.54, 1.807) is 0 Å². The molecule has 0 saturated heterocycles. The molecule has 6 nitrogen and oxygen atoms in total. The van der Waals surface area contributed by atoms with Crippen molar-refractivity contribution in [1.29, 1.82) is 0 Å². The van der Waals surface area contributed by atoms with Gasteiger partial charge in [0.2, 0.25) is 5.91 Å². The quantitative estimate of drug-likeness (QED) is 0.516. The lowest BCUT2D eigenvalue weighted by Crippen LogP contribution is -2.26. The number of carbonyl (C=O) groups is 2. The Hall–Kier alpha value is -1.88. The summed E-state index contributed by atoms with van der Waals surface area (Å²) >= 11 is 4.23. The molecule has 0 radical (unpaired) electrons. The number of nitrogens with zero attached hydrogens (tertiary/aromatic N) is 2. The normalized spacial score (nSPS) is 16.6. The lowest BCUT2D eigenvalue weighted by Gasteiger charge is -2.33. The number of hydrogen-bond donors (Lipinski definition) is 1. The van der Waals surface area contributed by atoms with Gasteiger partial charge in [-0.1, -0.05) is 20.8 Å². The molecule has 2 heterocycles. The van der Waals surface area contributed by atoms with Crippen molar-refractivity contribution in [3.63, 3.8) is 0 Å². The van der Waals surface area contributed by atoms with Gasteiger partial charge >= 0.3 is 12.1 Å². The SMILES string of the molecule is COC(=O)c1c(NC(=O)Cn2nc(C(F)(F)F)c(Br)c2C)sc2c1CCC(C(C)(C)C)C2. The minimum Gasteiger partial charge on any atom is -0.465 e. The first-order valence-electron chi connectivity index (χ1n) is 10.1. The topological polar surface area (TPSA) is 73.2 Å². The Morgan fingerprint density at radius 2 is 1.97 bits per heavy atom. The molecule has 0 aromatic carbocycles. The number of halogens is 4. The maximum atomic E-state index is 13.1. The molecular weight excluding hydrogens is 511 g/mol. The van der Waals surface area contributed by atoms with Crippen LogP contribution >= 0.6 is 27.3 Å². The molecule has 176 valence electrons. The average molecular weight is 536 g/mol. The van der Waals surface area contributed by atoms with E-state index in [0.29, 0.717) is 22.9 Å². The van der Waals surface area contributed by atoms with Gasteiger partial charge in [-0.05, 0) is 59.0 Å². The Morgan fingerprint density at radius 3 is 2.50 bits per heavy atom. The summed E-state index contributed by atoms with van der Waals surface area (Å²) in [5, 5.41) is 6.60. The van der Waals surface area contributed by atoms with Gasteiger partial charge in [-0.15, -0.1) is 11.3 Å². The third kappa shape index (κ3) is 4.88. The molecule has 3 rings (SSSR count). The number of rotatable bonds is 4. The number of esters is 1. The summed E-state index contributed by atoms with van der Waals surface area (Å²) in [6, 6.07) is 0. The fraction of sp³-hybridized carbons (Fsp3) is 0.571. The lowest BCUT2D eigenvalue weighted by atomic mass is 9.72. The number of fused-ring (bicyclic) bond motifs is 1. The summed E-state index contributed by atoms with van der Waals surface area (Å²) in [5.41, 5.74) is 0.423. The number of ether oxygens (including phenoxy) is 1. The molecule has 1 atom stereocenters. The van der Waals surface area contributed by atoms with Crippen LogP contribution in [0.1, 0.15) is 59.4 Å². The molecule has 0 fully saturated rings. The van der Waals surface area contributed by atoms with Crippen molar-refractivity contribution in [1.82, 2.24) is 9.78 Å². The zero-order valence-corrected chi connectivity index (χ0v) is 20.8. The fourth-order valence-corrected chi connectivity index (χ4v) is 5.73. The smallest absolute Gasteiger partial charge is 0.436 e. The summed E-state index contributed by atoms with van der Waals surface area (Å²) in [5.74, 6) is -0.676. The number of alkyl halides is 3. The monoisotopic (exact) mass is 535 g/mol. The first kappa shape index (κ1) is 24.8. The molecule has 0 bridgehead atoms. The molecule has 1 aliphatic carbocycles. The number of anilines is 1. The predicted molar refractivity (Wildman–Crippen MR) is 119 cm³/mol. The van der Waals surface area contributed by atoms with Crippen LogP contribution in [-0.4, -0.2) is 28.8 Å². The van der Waals surface area contributed by atoms with Gasteiger partial charge in [-0.3, -0.25) is 9.48 Å². The largest absolute Gasteiger partial charge is 0.465 e. The second-order valence-corrected chi connectivity index (χ2v) is 10.9. The molecule has 0 spiro atoms. The summed E-state index contributed by atoms with van der Waals surface area (Å²) in [6.07, 6.45) is -2.22. The van der Waals surface area contributed by atoms with Gasteiger partial charge in [0.25, 0.3) is 0 Å². The minimum absolute atomic E-state index is 0.109. The van der Waals surface area contributed by atoms with Crippen LogP contribution in [0.2, 0.25) is 0 Å². The van der Waals surface area contributed by atoms with Gasteiger partial charge in [-0.2, -0.15) is 18.3 Å². The van der Waals surface area contributed by atoms with Crippen LogP contribution < -0.4 is 5.32 Å². The van der Waals surface area contributed by atoms with Crippen LogP contribution in [0.15, 0.2) is 4.47 Å². The Morgan fingerprint density at radius 1 is 1.31 bits per heavy atom. The van der Waals surface area contributed by atoms with E-state index >= 15 is 0 Å². The zero-order chi connectivity index (χ0) is 24.0. The number of carbonyl (C=O) groups excluding carboxylic acids is 2. The van der Waals surface area contributed by atoms with Gasteiger partial charge in [0.1, 0.15) is 11.5 Å². The first-order valence-corrected chi connectivity index (χ1v) is 11.7. The highest BCUT2D eigenvalue weighted by atomic mass is 79.9. The van der Waals surface area contributed by atoms with E-state index in [0.717, 1.165) is 28.0 Å². The van der Waals surface area contributed by atoms with Gasteiger partial charge in [-0.25, -0.2) is 4.79 Å².